The van der Waals surface area contributed by atoms with Crippen molar-refractivity contribution in [1.29, 1.82) is 0 Å². The van der Waals surface area contributed by atoms with Gasteiger partial charge in [0.05, 0.1) is 10.9 Å². The molecule has 3 rings (SSSR count). The Morgan fingerprint density at radius 2 is 1.87 bits per heavy atom. The van der Waals surface area contributed by atoms with E-state index in [4.69, 9.17) is 5.73 Å². The van der Waals surface area contributed by atoms with E-state index >= 15 is 0 Å². The summed E-state index contributed by atoms with van der Waals surface area (Å²) in [6, 6.07) is 10.4. The first-order valence-electron chi connectivity index (χ1n) is 6.92. The summed E-state index contributed by atoms with van der Waals surface area (Å²) >= 11 is 0. The summed E-state index contributed by atoms with van der Waals surface area (Å²) in [5, 5.41) is 2.89. The van der Waals surface area contributed by atoms with Crippen LogP contribution in [0.25, 0.3) is 10.9 Å². The SMILES string of the molecule is Cn1cc(C(=O)Nc2ccc(F)cc2)c(=O)c2c(N)cccc21. The van der Waals surface area contributed by atoms with E-state index in [2.05, 4.69) is 5.32 Å². The minimum atomic E-state index is -0.567. The van der Waals surface area contributed by atoms with E-state index in [1.54, 1.807) is 29.8 Å². The number of carbonyl (C=O) groups is 1. The smallest absolute Gasteiger partial charge is 0.261 e. The molecule has 5 nitrogen and oxygen atoms in total. The number of nitrogens with two attached hydrogens (primary N) is 1. The summed E-state index contributed by atoms with van der Waals surface area (Å²) in [7, 11) is 1.73. The second-order valence-corrected chi connectivity index (χ2v) is 5.19. The zero-order valence-corrected chi connectivity index (χ0v) is 12.3. The third kappa shape index (κ3) is 2.66. The predicted octanol–water partition coefficient (Wildman–Crippen LogP) is 2.51. The molecule has 0 saturated heterocycles. The lowest BCUT2D eigenvalue weighted by molar-refractivity contribution is 0.102. The maximum absolute atomic E-state index is 12.9. The number of nitrogens with zero attached hydrogens (tertiary/aromatic N) is 1. The van der Waals surface area contributed by atoms with Crippen molar-refractivity contribution in [3.05, 3.63) is 70.3 Å². The van der Waals surface area contributed by atoms with Crippen LogP contribution < -0.4 is 16.5 Å². The molecule has 0 radical (unpaired) electrons. The van der Waals surface area contributed by atoms with Crippen molar-refractivity contribution in [3.63, 3.8) is 0 Å². The normalized spacial score (nSPS) is 10.7. The molecule has 1 amide bonds. The fraction of sp³-hybridized carbons (Fsp3) is 0.0588. The Morgan fingerprint density at radius 1 is 1.17 bits per heavy atom. The van der Waals surface area contributed by atoms with Crippen LogP contribution in [0, 0.1) is 5.82 Å². The van der Waals surface area contributed by atoms with Crippen LogP contribution >= 0.6 is 0 Å². The third-order valence-electron chi connectivity index (χ3n) is 3.60. The van der Waals surface area contributed by atoms with Crippen LogP contribution in [0.4, 0.5) is 15.8 Å². The Hall–Kier alpha value is -3.15. The monoisotopic (exact) mass is 311 g/mol. The molecular weight excluding hydrogens is 297 g/mol. The second-order valence-electron chi connectivity index (χ2n) is 5.19. The van der Waals surface area contributed by atoms with Crippen molar-refractivity contribution in [1.82, 2.24) is 4.57 Å². The van der Waals surface area contributed by atoms with Gasteiger partial charge in [0.15, 0.2) is 0 Å². The fourth-order valence-corrected chi connectivity index (χ4v) is 2.45. The van der Waals surface area contributed by atoms with Gasteiger partial charge in [0.25, 0.3) is 5.91 Å². The summed E-state index contributed by atoms with van der Waals surface area (Å²) in [5.74, 6) is -0.972. The molecule has 0 aliphatic rings. The average molecular weight is 311 g/mol. The molecular formula is C17H14FN3O2. The number of rotatable bonds is 2. The number of aryl methyl sites for hydroxylation is 1. The molecule has 0 unspecified atom stereocenters. The molecule has 3 N–H and O–H groups in total. The first-order valence-corrected chi connectivity index (χ1v) is 6.92. The van der Waals surface area contributed by atoms with Crippen molar-refractivity contribution < 1.29 is 9.18 Å². The van der Waals surface area contributed by atoms with Crippen molar-refractivity contribution in [2.45, 2.75) is 0 Å². The molecule has 1 heterocycles. The molecule has 0 bridgehead atoms. The van der Waals surface area contributed by atoms with E-state index in [1.807, 2.05) is 0 Å². The summed E-state index contributed by atoms with van der Waals surface area (Å²) < 4.78 is 14.6. The third-order valence-corrected chi connectivity index (χ3v) is 3.60. The van der Waals surface area contributed by atoms with Gasteiger partial charge >= 0.3 is 0 Å². The van der Waals surface area contributed by atoms with Gasteiger partial charge in [-0.25, -0.2) is 4.39 Å². The van der Waals surface area contributed by atoms with Crippen molar-refractivity contribution >= 4 is 28.2 Å². The molecule has 23 heavy (non-hydrogen) atoms. The van der Waals surface area contributed by atoms with E-state index in [9.17, 15) is 14.0 Å². The Balaban J connectivity index is 2.07. The van der Waals surface area contributed by atoms with Gasteiger partial charge in [0.1, 0.15) is 11.4 Å². The number of hydrogen-bond donors (Lipinski definition) is 2. The largest absolute Gasteiger partial charge is 0.398 e. The van der Waals surface area contributed by atoms with Crippen LogP contribution in [0.3, 0.4) is 0 Å². The Bertz CT molecular complexity index is 962. The summed E-state index contributed by atoms with van der Waals surface area (Å²) in [4.78, 5) is 24.9. The van der Waals surface area contributed by atoms with Crippen LogP contribution in [0.5, 0.6) is 0 Å². The van der Waals surface area contributed by atoms with Crippen LogP contribution in [-0.4, -0.2) is 10.5 Å². The number of anilines is 2. The molecule has 6 heteroatoms. The maximum atomic E-state index is 12.9. The first-order chi connectivity index (χ1) is 11.0. The highest BCUT2D eigenvalue weighted by Gasteiger charge is 2.16. The summed E-state index contributed by atoms with van der Waals surface area (Å²) in [6.45, 7) is 0. The van der Waals surface area contributed by atoms with Crippen molar-refractivity contribution in [2.75, 3.05) is 11.1 Å². The van der Waals surface area contributed by atoms with Crippen LogP contribution in [0.2, 0.25) is 0 Å². The number of hydrogen-bond acceptors (Lipinski definition) is 3. The highest BCUT2D eigenvalue weighted by atomic mass is 19.1. The van der Waals surface area contributed by atoms with Gasteiger partial charge in [-0.15, -0.1) is 0 Å². The second kappa shape index (κ2) is 5.57. The molecule has 0 aliphatic heterocycles. The molecule has 2 aromatic carbocycles. The van der Waals surface area contributed by atoms with Gasteiger partial charge in [-0.05, 0) is 36.4 Å². The quantitative estimate of drug-likeness (QED) is 0.714. The Labute approximate surface area is 131 Å². The lowest BCUT2D eigenvalue weighted by Crippen LogP contribution is -2.24. The van der Waals surface area contributed by atoms with Gasteiger partial charge in [-0.3, -0.25) is 9.59 Å². The van der Waals surface area contributed by atoms with Gasteiger partial charge in [0.2, 0.25) is 5.43 Å². The Morgan fingerprint density at radius 3 is 2.57 bits per heavy atom. The highest BCUT2D eigenvalue weighted by Crippen LogP contribution is 2.18. The average Bonchev–Trinajstić information content (AvgIpc) is 2.53. The molecule has 0 saturated carbocycles. The van der Waals surface area contributed by atoms with Crippen molar-refractivity contribution in [3.8, 4) is 0 Å². The van der Waals surface area contributed by atoms with Crippen LogP contribution in [0.15, 0.2) is 53.5 Å². The van der Waals surface area contributed by atoms with Crippen LogP contribution in [-0.2, 0) is 7.05 Å². The van der Waals surface area contributed by atoms with Gasteiger partial charge in [-0.1, -0.05) is 6.07 Å². The Kier molecular flexibility index (Phi) is 3.57. The van der Waals surface area contributed by atoms with E-state index in [0.29, 0.717) is 22.3 Å². The van der Waals surface area contributed by atoms with Crippen molar-refractivity contribution in [2.24, 2.45) is 7.05 Å². The lowest BCUT2D eigenvalue weighted by Gasteiger charge is -2.11. The summed E-state index contributed by atoms with van der Waals surface area (Å²) in [5.41, 5.74) is 6.79. The molecule has 1 aromatic heterocycles. The standard InChI is InChI=1S/C17H14FN3O2/c1-21-9-12(16(22)15-13(19)3-2-4-14(15)21)17(23)20-11-7-5-10(18)6-8-11/h2-9H,19H2,1H3,(H,20,23). The summed E-state index contributed by atoms with van der Waals surface area (Å²) in [6.07, 6.45) is 1.46. The molecule has 0 fully saturated rings. The fourth-order valence-electron chi connectivity index (χ4n) is 2.45. The molecule has 0 atom stereocenters. The number of carbonyl (C=O) groups excluding carboxylic acids is 1. The number of pyridine rings is 1. The number of nitrogens with one attached hydrogen (secondary N) is 1. The van der Waals surface area contributed by atoms with E-state index < -0.39 is 17.2 Å². The lowest BCUT2D eigenvalue weighted by atomic mass is 10.1. The van der Waals surface area contributed by atoms with E-state index in [0.717, 1.165) is 0 Å². The van der Waals surface area contributed by atoms with Crippen LogP contribution in [0.1, 0.15) is 10.4 Å². The van der Waals surface area contributed by atoms with Gasteiger partial charge < -0.3 is 15.6 Å². The van der Waals surface area contributed by atoms with E-state index in [-0.39, 0.29) is 5.56 Å². The maximum Gasteiger partial charge on any atom is 0.261 e. The predicted molar refractivity (Wildman–Crippen MR) is 88.0 cm³/mol. The van der Waals surface area contributed by atoms with Gasteiger partial charge in [-0.2, -0.15) is 0 Å². The molecule has 116 valence electrons. The van der Waals surface area contributed by atoms with E-state index in [1.165, 1.54) is 30.5 Å². The molecule has 3 aromatic rings. The van der Waals surface area contributed by atoms with Gasteiger partial charge in [0, 0.05) is 24.6 Å². The number of benzene rings is 2. The zero-order chi connectivity index (χ0) is 16.6. The number of nitrogen functional groups attached to an aromatic ring is 1. The topological polar surface area (TPSA) is 77.1 Å². The number of aromatic nitrogens is 1. The minimum absolute atomic E-state index is 0.0257. The molecule has 0 aliphatic carbocycles. The first kappa shape index (κ1) is 14.8. The highest BCUT2D eigenvalue weighted by molar-refractivity contribution is 6.06. The molecule has 0 spiro atoms. The number of halogens is 1. The minimum Gasteiger partial charge on any atom is -0.398 e. The number of fused-ring (bicyclic) bond motifs is 1. The zero-order valence-electron chi connectivity index (χ0n) is 12.3. The number of amides is 1.